The fourth-order valence-corrected chi connectivity index (χ4v) is 1.85. The molecule has 0 saturated heterocycles. The molecule has 0 unspecified atom stereocenters. The first kappa shape index (κ1) is 12.8. The van der Waals surface area contributed by atoms with Crippen molar-refractivity contribution >= 4 is 5.97 Å². The highest BCUT2D eigenvalue weighted by atomic mass is 16.5. The molecule has 0 bridgehead atoms. The summed E-state index contributed by atoms with van der Waals surface area (Å²) >= 11 is 0. The molecule has 0 aromatic heterocycles. The van der Waals surface area contributed by atoms with Gasteiger partial charge in [-0.15, -0.1) is 0 Å². The molecule has 5 heteroatoms. The van der Waals surface area contributed by atoms with Crippen molar-refractivity contribution in [3.63, 3.8) is 0 Å². The van der Waals surface area contributed by atoms with E-state index in [2.05, 4.69) is 0 Å². The number of ether oxygens (including phenoxy) is 1. The zero-order valence-electron chi connectivity index (χ0n) is 10.1. The van der Waals surface area contributed by atoms with Crippen molar-refractivity contribution in [1.29, 1.82) is 0 Å². The van der Waals surface area contributed by atoms with Crippen LogP contribution in [0.15, 0.2) is 36.4 Å². The number of aromatic hydroxyl groups is 2. The molecule has 5 nitrogen and oxygen atoms in total. The number of carboxylic acid groups (broad SMARTS) is 1. The Bertz CT molecular complexity index is 634. The van der Waals surface area contributed by atoms with Crippen molar-refractivity contribution in [3.05, 3.63) is 42.0 Å². The third-order valence-electron chi connectivity index (χ3n) is 2.75. The quantitative estimate of drug-likeness (QED) is 0.789. The standard InChI is InChI=1S/C14H12O5/c1-19-12-7-8(5-6-10(12)15)9-3-2-4-11(16)13(9)14(17)18/h2-7,15-16H,1H3,(H,17,18). The lowest BCUT2D eigenvalue weighted by Gasteiger charge is -2.10. The molecule has 0 amide bonds. The zero-order chi connectivity index (χ0) is 14.0. The van der Waals surface area contributed by atoms with Gasteiger partial charge in [0.2, 0.25) is 0 Å². The van der Waals surface area contributed by atoms with Gasteiger partial charge >= 0.3 is 5.97 Å². The second-order valence-electron chi connectivity index (χ2n) is 3.89. The topological polar surface area (TPSA) is 87.0 Å². The first-order chi connectivity index (χ1) is 9.04. The highest BCUT2D eigenvalue weighted by Gasteiger charge is 2.17. The van der Waals surface area contributed by atoms with E-state index in [9.17, 15) is 15.0 Å². The first-order valence-electron chi connectivity index (χ1n) is 5.47. The van der Waals surface area contributed by atoms with Gasteiger partial charge < -0.3 is 20.1 Å². The van der Waals surface area contributed by atoms with Gasteiger partial charge in [-0.2, -0.15) is 0 Å². The third-order valence-corrected chi connectivity index (χ3v) is 2.75. The van der Waals surface area contributed by atoms with Crippen LogP contribution in [0.1, 0.15) is 10.4 Å². The molecule has 0 fully saturated rings. The lowest BCUT2D eigenvalue weighted by atomic mass is 9.98. The number of aromatic carboxylic acids is 1. The highest BCUT2D eigenvalue weighted by molar-refractivity contribution is 5.99. The number of methoxy groups -OCH3 is 1. The predicted molar refractivity (Wildman–Crippen MR) is 68.7 cm³/mol. The molecule has 2 aromatic rings. The Morgan fingerprint density at radius 1 is 1.11 bits per heavy atom. The van der Waals surface area contributed by atoms with Crippen LogP contribution in [0.4, 0.5) is 0 Å². The largest absolute Gasteiger partial charge is 0.507 e. The lowest BCUT2D eigenvalue weighted by molar-refractivity contribution is 0.0694. The van der Waals surface area contributed by atoms with E-state index < -0.39 is 5.97 Å². The van der Waals surface area contributed by atoms with E-state index in [1.807, 2.05) is 0 Å². The van der Waals surface area contributed by atoms with Gasteiger partial charge in [0.15, 0.2) is 11.5 Å². The van der Waals surface area contributed by atoms with Crippen molar-refractivity contribution in [3.8, 4) is 28.4 Å². The monoisotopic (exact) mass is 260 g/mol. The molecular weight excluding hydrogens is 248 g/mol. The number of carbonyl (C=O) groups is 1. The summed E-state index contributed by atoms with van der Waals surface area (Å²) in [6, 6.07) is 8.91. The van der Waals surface area contributed by atoms with Crippen LogP contribution in [-0.2, 0) is 0 Å². The number of carboxylic acids is 1. The van der Waals surface area contributed by atoms with E-state index in [4.69, 9.17) is 9.84 Å². The van der Waals surface area contributed by atoms with Gasteiger partial charge in [-0.3, -0.25) is 0 Å². The Morgan fingerprint density at radius 3 is 2.47 bits per heavy atom. The van der Waals surface area contributed by atoms with Gasteiger partial charge in [-0.25, -0.2) is 4.79 Å². The summed E-state index contributed by atoms with van der Waals surface area (Å²) < 4.78 is 4.98. The molecule has 2 rings (SSSR count). The number of hydrogen-bond acceptors (Lipinski definition) is 4. The van der Waals surface area contributed by atoms with E-state index in [0.717, 1.165) is 0 Å². The molecule has 3 N–H and O–H groups in total. The maximum atomic E-state index is 11.2. The molecule has 0 radical (unpaired) electrons. The normalized spacial score (nSPS) is 10.2. The lowest BCUT2D eigenvalue weighted by Crippen LogP contribution is -2.00. The fourth-order valence-electron chi connectivity index (χ4n) is 1.85. The SMILES string of the molecule is COc1cc(-c2cccc(O)c2C(=O)O)ccc1O. The van der Waals surface area contributed by atoms with Gasteiger partial charge in [0.1, 0.15) is 11.3 Å². The number of benzene rings is 2. The predicted octanol–water partition coefficient (Wildman–Crippen LogP) is 2.47. The summed E-state index contributed by atoms with van der Waals surface area (Å²) in [5.74, 6) is -1.34. The minimum absolute atomic E-state index is 0.0386. The Hall–Kier alpha value is -2.69. The molecule has 0 atom stereocenters. The summed E-state index contributed by atoms with van der Waals surface area (Å²) in [7, 11) is 1.40. The van der Waals surface area contributed by atoms with Gasteiger partial charge in [-0.1, -0.05) is 18.2 Å². The van der Waals surface area contributed by atoms with Crippen LogP contribution in [-0.4, -0.2) is 28.4 Å². The molecule has 0 aliphatic carbocycles. The molecule has 0 aliphatic rings. The maximum Gasteiger partial charge on any atom is 0.340 e. The van der Waals surface area contributed by atoms with Crippen molar-refractivity contribution < 1.29 is 24.9 Å². The van der Waals surface area contributed by atoms with Crippen LogP contribution < -0.4 is 4.74 Å². The van der Waals surface area contributed by atoms with Crippen LogP contribution in [0.2, 0.25) is 0 Å². The second kappa shape index (κ2) is 4.89. The molecular formula is C14H12O5. The number of phenolic OH excluding ortho intramolecular Hbond substituents is 1. The molecule has 0 heterocycles. The number of rotatable bonds is 3. The fraction of sp³-hybridized carbons (Fsp3) is 0.0714. The number of hydrogen-bond donors (Lipinski definition) is 3. The number of phenols is 2. The Morgan fingerprint density at radius 2 is 1.84 bits per heavy atom. The molecule has 2 aromatic carbocycles. The summed E-state index contributed by atoms with van der Waals surface area (Å²) in [6.45, 7) is 0. The molecule has 0 aliphatic heterocycles. The van der Waals surface area contributed by atoms with Gasteiger partial charge in [0.25, 0.3) is 0 Å². The molecule has 98 valence electrons. The zero-order valence-corrected chi connectivity index (χ0v) is 10.1. The van der Waals surface area contributed by atoms with Crippen LogP contribution in [0, 0.1) is 0 Å². The smallest absolute Gasteiger partial charge is 0.340 e. The van der Waals surface area contributed by atoms with Crippen molar-refractivity contribution in [1.82, 2.24) is 0 Å². The molecule has 0 spiro atoms. The van der Waals surface area contributed by atoms with Gasteiger partial charge in [0.05, 0.1) is 7.11 Å². The van der Waals surface area contributed by atoms with E-state index >= 15 is 0 Å². The van der Waals surface area contributed by atoms with E-state index in [1.54, 1.807) is 18.2 Å². The summed E-state index contributed by atoms with van der Waals surface area (Å²) in [6.07, 6.45) is 0. The van der Waals surface area contributed by atoms with Crippen LogP contribution in [0.25, 0.3) is 11.1 Å². The van der Waals surface area contributed by atoms with Gasteiger partial charge in [-0.05, 0) is 23.8 Å². The summed E-state index contributed by atoms with van der Waals surface area (Å²) in [5, 5.41) is 28.3. The van der Waals surface area contributed by atoms with E-state index in [0.29, 0.717) is 11.1 Å². The van der Waals surface area contributed by atoms with E-state index in [1.165, 1.54) is 25.3 Å². The maximum absolute atomic E-state index is 11.2. The summed E-state index contributed by atoms with van der Waals surface area (Å²) in [4.78, 5) is 11.2. The van der Waals surface area contributed by atoms with Crippen molar-refractivity contribution in [2.24, 2.45) is 0 Å². The second-order valence-corrected chi connectivity index (χ2v) is 3.89. The first-order valence-corrected chi connectivity index (χ1v) is 5.47. The van der Waals surface area contributed by atoms with Crippen LogP contribution >= 0.6 is 0 Å². The average molecular weight is 260 g/mol. The van der Waals surface area contributed by atoms with E-state index in [-0.39, 0.29) is 22.8 Å². The van der Waals surface area contributed by atoms with Gasteiger partial charge in [0, 0.05) is 5.56 Å². The molecule has 19 heavy (non-hydrogen) atoms. The Kier molecular flexibility index (Phi) is 3.29. The average Bonchev–Trinajstić information content (AvgIpc) is 2.38. The third kappa shape index (κ3) is 2.30. The molecule has 0 saturated carbocycles. The van der Waals surface area contributed by atoms with Crippen molar-refractivity contribution in [2.45, 2.75) is 0 Å². The van der Waals surface area contributed by atoms with Crippen LogP contribution in [0.5, 0.6) is 17.2 Å². The Labute approximate surface area is 109 Å². The highest BCUT2D eigenvalue weighted by Crippen LogP contribution is 2.35. The summed E-state index contributed by atoms with van der Waals surface area (Å²) in [5.41, 5.74) is 0.698. The minimum Gasteiger partial charge on any atom is -0.507 e. The minimum atomic E-state index is -1.22. The Balaban J connectivity index is 2.65. The van der Waals surface area contributed by atoms with Crippen molar-refractivity contribution in [2.75, 3.05) is 7.11 Å². The van der Waals surface area contributed by atoms with Crippen LogP contribution in [0.3, 0.4) is 0 Å².